The second-order valence-corrected chi connectivity index (χ2v) is 7.19. The summed E-state index contributed by atoms with van der Waals surface area (Å²) >= 11 is 0. The van der Waals surface area contributed by atoms with Gasteiger partial charge >= 0.3 is 5.97 Å². The summed E-state index contributed by atoms with van der Waals surface area (Å²) in [7, 11) is 0. The molecule has 26 heavy (non-hydrogen) atoms. The van der Waals surface area contributed by atoms with Crippen molar-refractivity contribution in [3.05, 3.63) is 35.9 Å². The Kier molecular flexibility index (Phi) is 5.91. The molecule has 6 heteroatoms. The van der Waals surface area contributed by atoms with Crippen LogP contribution in [0.1, 0.15) is 50.6 Å². The number of nitrogens with one attached hydrogen (secondary N) is 1. The maximum absolute atomic E-state index is 12.2. The van der Waals surface area contributed by atoms with Gasteiger partial charge in [0.05, 0.1) is 12.0 Å². The minimum Gasteiger partial charge on any atom is -0.455 e. The van der Waals surface area contributed by atoms with Crippen LogP contribution in [0.4, 0.5) is 0 Å². The largest absolute Gasteiger partial charge is 0.455 e. The number of carbonyl (C=O) groups excluding carboxylic acids is 3. The van der Waals surface area contributed by atoms with Gasteiger partial charge in [-0.25, -0.2) is 0 Å². The zero-order valence-electron chi connectivity index (χ0n) is 15.1. The number of hydrogen-bond acceptors (Lipinski definition) is 4. The van der Waals surface area contributed by atoms with E-state index in [9.17, 15) is 14.4 Å². The molecule has 0 radical (unpaired) electrons. The van der Waals surface area contributed by atoms with Crippen LogP contribution in [0.15, 0.2) is 30.3 Å². The number of nitrogens with zero attached hydrogens (tertiary/aromatic N) is 1. The van der Waals surface area contributed by atoms with Crippen LogP contribution in [0.5, 0.6) is 0 Å². The van der Waals surface area contributed by atoms with Gasteiger partial charge in [-0.05, 0) is 25.3 Å². The molecule has 2 atom stereocenters. The molecule has 1 aliphatic carbocycles. The van der Waals surface area contributed by atoms with Crippen LogP contribution >= 0.6 is 0 Å². The molecular formula is C20H26N2O4. The van der Waals surface area contributed by atoms with Gasteiger partial charge in [0, 0.05) is 19.0 Å². The van der Waals surface area contributed by atoms with Gasteiger partial charge in [0.1, 0.15) is 0 Å². The molecule has 0 unspecified atom stereocenters. The smallest absolute Gasteiger partial charge is 0.311 e. The van der Waals surface area contributed by atoms with Crippen LogP contribution in [0.3, 0.4) is 0 Å². The highest BCUT2D eigenvalue weighted by molar-refractivity contribution is 5.88. The van der Waals surface area contributed by atoms with Gasteiger partial charge in [-0.3, -0.25) is 14.4 Å². The predicted octanol–water partition coefficient (Wildman–Crippen LogP) is 2.20. The third kappa shape index (κ3) is 4.42. The lowest BCUT2D eigenvalue weighted by atomic mass is 10.1. The maximum Gasteiger partial charge on any atom is 0.311 e. The first-order chi connectivity index (χ1) is 12.5. The van der Waals surface area contributed by atoms with E-state index in [2.05, 4.69) is 5.32 Å². The Morgan fingerprint density at radius 2 is 1.92 bits per heavy atom. The Labute approximate surface area is 153 Å². The minimum atomic E-state index is -0.457. The molecule has 1 aromatic rings. The molecule has 0 aromatic heterocycles. The average Bonchev–Trinajstić information content (AvgIpc) is 3.29. The van der Waals surface area contributed by atoms with Crippen molar-refractivity contribution < 1.29 is 19.1 Å². The third-order valence-corrected chi connectivity index (χ3v) is 5.28. The van der Waals surface area contributed by atoms with Gasteiger partial charge in [-0.15, -0.1) is 0 Å². The molecule has 140 valence electrons. The van der Waals surface area contributed by atoms with E-state index in [1.807, 2.05) is 42.2 Å². The summed E-state index contributed by atoms with van der Waals surface area (Å²) in [6.45, 7) is 1.98. The number of benzene rings is 1. The van der Waals surface area contributed by atoms with Gasteiger partial charge in [0.15, 0.2) is 6.61 Å². The zero-order valence-corrected chi connectivity index (χ0v) is 15.1. The average molecular weight is 358 g/mol. The van der Waals surface area contributed by atoms with Crippen LogP contribution in [0.25, 0.3) is 0 Å². The SMILES string of the molecule is C[C@@H](NC(=O)COC(=O)[C@@H]1CC(=O)N(C2CCCC2)C1)c1ccccc1. The summed E-state index contributed by atoms with van der Waals surface area (Å²) < 4.78 is 5.15. The van der Waals surface area contributed by atoms with E-state index < -0.39 is 11.9 Å². The van der Waals surface area contributed by atoms with Crippen molar-refractivity contribution in [1.29, 1.82) is 0 Å². The van der Waals surface area contributed by atoms with Crippen LogP contribution in [-0.2, 0) is 19.1 Å². The number of hydrogen-bond donors (Lipinski definition) is 1. The first-order valence-electron chi connectivity index (χ1n) is 9.35. The van der Waals surface area contributed by atoms with Crippen molar-refractivity contribution in [3.63, 3.8) is 0 Å². The third-order valence-electron chi connectivity index (χ3n) is 5.28. The highest BCUT2D eigenvalue weighted by Crippen LogP contribution is 2.29. The van der Waals surface area contributed by atoms with E-state index in [1.54, 1.807) is 0 Å². The van der Waals surface area contributed by atoms with Crippen molar-refractivity contribution >= 4 is 17.8 Å². The second-order valence-electron chi connectivity index (χ2n) is 7.19. The van der Waals surface area contributed by atoms with E-state index >= 15 is 0 Å². The summed E-state index contributed by atoms with van der Waals surface area (Å²) in [5.41, 5.74) is 0.987. The number of rotatable bonds is 6. The molecule has 0 bridgehead atoms. The molecule has 2 fully saturated rings. The Morgan fingerprint density at radius 3 is 2.62 bits per heavy atom. The van der Waals surface area contributed by atoms with E-state index in [-0.39, 0.29) is 36.9 Å². The topological polar surface area (TPSA) is 75.7 Å². The van der Waals surface area contributed by atoms with Gasteiger partial charge < -0.3 is 15.0 Å². The van der Waals surface area contributed by atoms with Crippen LogP contribution < -0.4 is 5.32 Å². The van der Waals surface area contributed by atoms with Crippen LogP contribution in [-0.4, -0.2) is 41.9 Å². The van der Waals surface area contributed by atoms with Crippen LogP contribution in [0, 0.1) is 5.92 Å². The summed E-state index contributed by atoms with van der Waals surface area (Å²) in [6.07, 6.45) is 4.52. The molecule has 1 saturated heterocycles. The number of esters is 1. The first-order valence-corrected chi connectivity index (χ1v) is 9.35. The molecule has 1 heterocycles. The molecule has 1 aromatic carbocycles. The number of carbonyl (C=O) groups is 3. The Balaban J connectivity index is 1.43. The first kappa shape index (κ1) is 18.4. The van der Waals surface area contributed by atoms with Gasteiger partial charge in [0.2, 0.25) is 5.91 Å². The van der Waals surface area contributed by atoms with Gasteiger partial charge in [-0.2, -0.15) is 0 Å². The van der Waals surface area contributed by atoms with E-state index in [4.69, 9.17) is 4.74 Å². The molecule has 2 aliphatic rings. The second kappa shape index (κ2) is 8.34. The normalized spacial score (nSPS) is 21.7. The fraction of sp³-hybridized carbons (Fsp3) is 0.550. The van der Waals surface area contributed by atoms with Crippen LogP contribution in [0.2, 0.25) is 0 Å². The standard InChI is InChI=1S/C20H26N2O4/c1-14(15-7-3-2-4-8-15)21-18(23)13-26-20(25)16-11-19(24)22(12-16)17-9-5-6-10-17/h2-4,7-8,14,16-17H,5-6,9-13H2,1H3,(H,21,23)/t14-,16-/m1/s1. The molecule has 1 N–H and O–H groups in total. The predicted molar refractivity (Wildman–Crippen MR) is 96.0 cm³/mol. The maximum atomic E-state index is 12.2. The highest BCUT2D eigenvalue weighted by atomic mass is 16.5. The lowest BCUT2D eigenvalue weighted by Crippen LogP contribution is -2.35. The van der Waals surface area contributed by atoms with Crippen molar-refractivity contribution in [2.45, 2.75) is 51.1 Å². The number of ether oxygens (including phenoxy) is 1. The summed E-state index contributed by atoms with van der Waals surface area (Å²) in [4.78, 5) is 38.2. The molecule has 0 spiro atoms. The number of amides is 2. The molecule has 6 nitrogen and oxygen atoms in total. The fourth-order valence-electron chi connectivity index (χ4n) is 3.82. The van der Waals surface area contributed by atoms with E-state index in [0.717, 1.165) is 31.2 Å². The molecule has 1 saturated carbocycles. The minimum absolute atomic E-state index is 0.0287. The van der Waals surface area contributed by atoms with E-state index in [1.165, 1.54) is 0 Å². The summed E-state index contributed by atoms with van der Waals surface area (Å²) in [6, 6.07) is 9.70. The summed E-state index contributed by atoms with van der Waals surface area (Å²) in [5.74, 6) is -1.23. The van der Waals surface area contributed by atoms with Crippen molar-refractivity contribution in [3.8, 4) is 0 Å². The molecule has 1 aliphatic heterocycles. The Morgan fingerprint density at radius 1 is 1.23 bits per heavy atom. The molecule has 2 amide bonds. The van der Waals surface area contributed by atoms with Crippen molar-refractivity contribution in [1.82, 2.24) is 10.2 Å². The van der Waals surface area contributed by atoms with E-state index in [0.29, 0.717) is 6.54 Å². The quantitative estimate of drug-likeness (QED) is 0.791. The highest BCUT2D eigenvalue weighted by Gasteiger charge is 2.39. The zero-order chi connectivity index (χ0) is 18.5. The molecular weight excluding hydrogens is 332 g/mol. The Bertz CT molecular complexity index is 655. The van der Waals surface area contributed by atoms with Gasteiger partial charge in [0.25, 0.3) is 5.91 Å². The monoisotopic (exact) mass is 358 g/mol. The Hall–Kier alpha value is -2.37. The lowest BCUT2D eigenvalue weighted by molar-refractivity contribution is -0.152. The number of likely N-dealkylation sites (tertiary alicyclic amines) is 1. The summed E-state index contributed by atoms with van der Waals surface area (Å²) in [5, 5.41) is 2.81. The van der Waals surface area contributed by atoms with Gasteiger partial charge in [-0.1, -0.05) is 43.2 Å². The fourth-order valence-corrected chi connectivity index (χ4v) is 3.82. The van der Waals surface area contributed by atoms with Crippen molar-refractivity contribution in [2.75, 3.05) is 13.2 Å². The lowest BCUT2D eigenvalue weighted by Gasteiger charge is -2.23. The molecule has 3 rings (SSSR count). The van der Waals surface area contributed by atoms with Crippen molar-refractivity contribution in [2.24, 2.45) is 5.92 Å².